The Labute approximate surface area is 107 Å². The summed E-state index contributed by atoms with van der Waals surface area (Å²) < 4.78 is 5.23. The summed E-state index contributed by atoms with van der Waals surface area (Å²) in [5.41, 5.74) is -0.430. The van der Waals surface area contributed by atoms with Crippen molar-refractivity contribution in [3.8, 4) is 0 Å². The van der Waals surface area contributed by atoms with Gasteiger partial charge in [0.2, 0.25) is 5.89 Å². The smallest absolute Gasteiger partial charge is 0.240 e. The molecule has 1 N–H and O–H groups in total. The van der Waals surface area contributed by atoms with Gasteiger partial charge in [-0.15, -0.1) is 0 Å². The summed E-state index contributed by atoms with van der Waals surface area (Å²) in [6.07, 6.45) is 3.22. The number of nitrogens with zero attached hydrogens (tertiary/aromatic N) is 3. The average molecular weight is 251 g/mol. The second-order valence-electron chi connectivity index (χ2n) is 6.23. The summed E-state index contributed by atoms with van der Waals surface area (Å²) in [6.45, 7) is 6.45. The Bertz CT molecular complexity index is 420. The fourth-order valence-electron chi connectivity index (χ4n) is 2.71. The number of aromatic nitrogens is 2. The first-order chi connectivity index (χ1) is 8.55. The molecule has 1 aliphatic carbocycles. The molecular weight excluding hydrogens is 230 g/mol. The summed E-state index contributed by atoms with van der Waals surface area (Å²) in [6, 6.07) is 0. The molecule has 5 nitrogen and oxygen atoms in total. The SMILES string of the molecule is CC(C)Cc1noc(CN2CC(O)(C3CC3)C2)n1. The van der Waals surface area contributed by atoms with E-state index in [-0.39, 0.29) is 0 Å². The van der Waals surface area contributed by atoms with Crippen LogP contribution >= 0.6 is 0 Å². The van der Waals surface area contributed by atoms with Crippen molar-refractivity contribution in [2.45, 2.75) is 45.3 Å². The first kappa shape index (κ1) is 12.1. The monoisotopic (exact) mass is 251 g/mol. The van der Waals surface area contributed by atoms with Crippen LogP contribution in [-0.4, -0.2) is 38.8 Å². The number of rotatable bonds is 5. The van der Waals surface area contributed by atoms with Crippen molar-refractivity contribution < 1.29 is 9.63 Å². The van der Waals surface area contributed by atoms with Gasteiger partial charge in [0.25, 0.3) is 0 Å². The largest absolute Gasteiger partial charge is 0.387 e. The predicted octanol–water partition coefficient (Wildman–Crippen LogP) is 1.22. The van der Waals surface area contributed by atoms with E-state index in [0.29, 0.717) is 24.3 Å². The van der Waals surface area contributed by atoms with Gasteiger partial charge < -0.3 is 9.63 Å². The van der Waals surface area contributed by atoms with Crippen molar-refractivity contribution in [1.82, 2.24) is 15.0 Å². The van der Waals surface area contributed by atoms with Gasteiger partial charge in [-0.05, 0) is 24.7 Å². The minimum Gasteiger partial charge on any atom is -0.387 e. The summed E-state index contributed by atoms with van der Waals surface area (Å²) in [5.74, 6) is 2.54. The molecule has 0 radical (unpaired) electrons. The Morgan fingerprint density at radius 2 is 2.17 bits per heavy atom. The molecule has 1 saturated carbocycles. The van der Waals surface area contributed by atoms with E-state index in [4.69, 9.17) is 4.52 Å². The van der Waals surface area contributed by atoms with Gasteiger partial charge in [-0.1, -0.05) is 19.0 Å². The topological polar surface area (TPSA) is 62.4 Å². The zero-order valence-corrected chi connectivity index (χ0v) is 11.1. The molecule has 0 atom stereocenters. The Balaban J connectivity index is 1.50. The van der Waals surface area contributed by atoms with Crippen molar-refractivity contribution in [2.24, 2.45) is 11.8 Å². The lowest BCUT2D eigenvalue weighted by molar-refractivity contribution is -0.119. The standard InChI is InChI=1S/C13H21N3O2/c1-9(2)5-11-14-12(18-15-11)6-16-7-13(17,8-16)10-3-4-10/h9-10,17H,3-8H2,1-2H3. The minimum absolute atomic E-state index is 0.430. The fourth-order valence-corrected chi connectivity index (χ4v) is 2.71. The van der Waals surface area contributed by atoms with Gasteiger partial charge in [0.15, 0.2) is 5.82 Å². The Morgan fingerprint density at radius 1 is 1.44 bits per heavy atom. The number of aliphatic hydroxyl groups is 1. The third kappa shape index (κ3) is 2.42. The van der Waals surface area contributed by atoms with E-state index in [1.807, 2.05) is 0 Å². The number of hydrogen-bond acceptors (Lipinski definition) is 5. The molecule has 0 bridgehead atoms. The highest BCUT2D eigenvalue weighted by Gasteiger charge is 2.51. The summed E-state index contributed by atoms with van der Waals surface area (Å²) >= 11 is 0. The predicted molar refractivity (Wildman–Crippen MR) is 65.8 cm³/mol. The van der Waals surface area contributed by atoms with Crippen LogP contribution in [0.5, 0.6) is 0 Å². The minimum atomic E-state index is -0.430. The maximum Gasteiger partial charge on any atom is 0.240 e. The molecule has 3 rings (SSSR count). The van der Waals surface area contributed by atoms with Gasteiger partial charge >= 0.3 is 0 Å². The van der Waals surface area contributed by atoms with Crippen molar-refractivity contribution in [2.75, 3.05) is 13.1 Å². The quantitative estimate of drug-likeness (QED) is 0.852. The van der Waals surface area contributed by atoms with Crippen LogP contribution in [0.4, 0.5) is 0 Å². The van der Waals surface area contributed by atoms with E-state index in [9.17, 15) is 5.11 Å². The molecule has 0 amide bonds. The van der Waals surface area contributed by atoms with Crippen molar-refractivity contribution in [3.63, 3.8) is 0 Å². The Kier molecular flexibility index (Phi) is 2.90. The highest BCUT2D eigenvalue weighted by atomic mass is 16.5. The van der Waals surface area contributed by atoms with Gasteiger partial charge in [-0.25, -0.2) is 0 Å². The summed E-state index contributed by atoms with van der Waals surface area (Å²) in [5, 5.41) is 14.2. The van der Waals surface area contributed by atoms with Crippen LogP contribution in [0.15, 0.2) is 4.52 Å². The normalized spacial score (nSPS) is 23.3. The second kappa shape index (κ2) is 4.31. The third-order valence-corrected chi connectivity index (χ3v) is 3.79. The molecule has 5 heteroatoms. The number of hydrogen-bond donors (Lipinski definition) is 1. The molecule has 1 aromatic rings. The van der Waals surface area contributed by atoms with Crippen LogP contribution in [0.25, 0.3) is 0 Å². The zero-order chi connectivity index (χ0) is 12.8. The lowest BCUT2D eigenvalue weighted by atomic mass is 9.89. The van der Waals surface area contributed by atoms with Crippen LogP contribution in [0.1, 0.15) is 38.4 Å². The first-order valence-corrected chi connectivity index (χ1v) is 6.81. The van der Waals surface area contributed by atoms with Gasteiger partial charge in [0, 0.05) is 19.5 Å². The molecule has 1 aromatic heterocycles. The van der Waals surface area contributed by atoms with Gasteiger partial charge in [-0.2, -0.15) is 4.98 Å². The van der Waals surface area contributed by atoms with Crippen molar-refractivity contribution in [3.05, 3.63) is 11.7 Å². The molecule has 2 aliphatic rings. The average Bonchev–Trinajstić information content (AvgIpc) is 3.00. The Hall–Kier alpha value is -0.940. The van der Waals surface area contributed by atoms with E-state index >= 15 is 0 Å². The maximum atomic E-state index is 10.2. The van der Waals surface area contributed by atoms with E-state index in [1.54, 1.807) is 0 Å². The van der Waals surface area contributed by atoms with Crippen LogP contribution < -0.4 is 0 Å². The molecule has 18 heavy (non-hydrogen) atoms. The van der Waals surface area contributed by atoms with Crippen molar-refractivity contribution >= 4 is 0 Å². The van der Waals surface area contributed by atoms with Crippen LogP contribution in [0.3, 0.4) is 0 Å². The number of β-amino-alcohol motifs (C(OH)–C–C–N with tert-alkyl or cyclic N) is 1. The van der Waals surface area contributed by atoms with Gasteiger partial charge in [-0.3, -0.25) is 4.90 Å². The van der Waals surface area contributed by atoms with E-state index in [0.717, 1.165) is 25.3 Å². The van der Waals surface area contributed by atoms with Crippen molar-refractivity contribution in [1.29, 1.82) is 0 Å². The molecular formula is C13H21N3O2. The molecule has 100 valence electrons. The molecule has 0 unspecified atom stereocenters. The first-order valence-electron chi connectivity index (χ1n) is 6.81. The number of likely N-dealkylation sites (tertiary alicyclic amines) is 1. The molecule has 2 heterocycles. The van der Waals surface area contributed by atoms with E-state index in [1.165, 1.54) is 12.8 Å². The summed E-state index contributed by atoms with van der Waals surface area (Å²) in [7, 11) is 0. The molecule has 2 fully saturated rings. The van der Waals surface area contributed by atoms with E-state index < -0.39 is 5.60 Å². The van der Waals surface area contributed by atoms with Crippen LogP contribution in [0.2, 0.25) is 0 Å². The van der Waals surface area contributed by atoms with Gasteiger partial charge in [0.05, 0.1) is 12.1 Å². The maximum absolute atomic E-state index is 10.2. The van der Waals surface area contributed by atoms with E-state index in [2.05, 4.69) is 28.9 Å². The molecule has 1 aliphatic heterocycles. The van der Waals surface area contributed by atoms with Crippen LogP contribution in [-0.2, 0) is 13.0 Å². The zero-order valence-electron chi connectivity index (χ0n) is 11.1. The van der Waals surface area contributed by atoms with Gasteiger partial charge in [0.1, 0.15) is 0 Å². The molecule has 0 aromatic carbocycles. The summed E-state index contributed by atoms with van der Waals surface area (Å²) in [4.78, 5) is 6.55. The molecule has 0 spiro atoms. The van der Waals surface area contributed by atoms with Crippen LogP contribution in [0, 0.1) is 11.8 Å². The highest BCUT2D eigenvalue weighted by molar-refractivity contribution is 5.05. The second-order valence-corrected chi connectivity index (χ2v) is 6.23. The third-order valence-electron chi connectivity index (χ3n) is 3.79. The lowest BCUT2D eigenvalue weighted by Gasteiger charge is -2.46. The molecule has 1 saturated heterocycles. The lowest BCUT2D eigenvalue weighted by Crippen LogP contribution is -2.62. The fraction of sp³-hybridized carbons (Fsp3) is 0.846. The highest BCUT2D eigenvalue weighted by Crippen LogP contribution is 2.44. The Morgan fingerprint density at radius 3 is 2.78 bits per heavy atom.